The summed E-state index contributed by atoms with van der Waals surface area (Å²) in [7, 11) is -3.52. The summed E-state index contributed by atoms with van der Waals surface area (Å²) >= 11 is 3.34. The first kappa shape index (κ1) is 17.9. The molecule has 0 radical (unpaired) electrons. The van der Waals surface area contributed by atoms with Crippen molar-refractivity contribution in [2.24, 2.45) is 0 Å². The molecule has 0 N–H and O–H groups in total. The Labute approximate surface area is 156 Å². The maximum absolute atomic E-state index is 12.9. The molecule has 1 heterocycles. The van der Waals surface area contributed by atoms with E-state index < -0.39 is 10.0 Å². The molecule has 0 saturated carbocycles. The van der Waals surface area contributed by atoms with Crippen LogP contribution in [-0.2, 0) is 10.0 Å². The molecule has 0 atom stereocenters. The standard InChI is InChI=1S/C18H18BrN3O2S/c19-17-4-1-2-5-18(17)25(23,24)22-11-3-10-21(12-13-22)16-8-6-15(14-20)7-9-16/h1-2,4-9H,3,10-13H2. The van der Waals surface area contributed by atoms with E-state index in [0.29, 0.717) is 34.6 Å². The third-order valence-corrected chi connectivity index (χ3v) is 7.18. The summed E-state index contributed by atoms with van der Waals surface area (Å²) < 4.78 is 28.0. The highest BCUT2D eigenvalue weighted by Crippen LogP contribution is 2.26. The maximum Gasteiger partial charge on any atom is 0.244 e. The van der Waals surface area contributed by atoms with E-state index in [4.69, 9.17) is 5.26 Å². The van der Waals surface area contributed by atoms with Crippen LogP contribution in [0.5, 0.6) is 0 Å². The summed E-state index contributed by atoms with van der Waals surface area (Å²) in [6.45, 7) is 2.34. The number of rotatable bonds is 3. The van der Waals surface area contributed by atoms with Gasteiger partial charge >= 0.3 is 0 Å². The number of benzene rings is 2. The molecule has 0 aromatic heterocycles. The molecule has 0 amide bonds. The summed E-state index contributed by atoms with van der Waals surface area (Å²) in [5.74, 6) is 0. The Morgan fingerprint density at radius 1 is 0.960 bits per heavy atom. The molecule has 0 unspecified atom stereocenters. The molecule has 1 aliphatic rings. The van der Waals surface area contributed by atoms with Crippen molar-refractivity contribution in [3.63, 3.8) is 0 Å². The Balaban J connectivity index is 1.77. The zero-order valence-electron chi connectivity index (χ0n) is 13.6. The van der Waals surface area contributed by atoms with Crippen molar-refractivity contribution in [3.05, 3.63) is 58.6 Å². The summed E-state index contributed by atoms with van der Waals surface area (Å²) in [6.07, 6.45) is 0.754. The Bertz CT molecular complexity index is 891. The molecule has 1 aliphatic heterocycles. The van der Waals surface area contributed by atoms with E-state index in [1.807, 2.05) is 12.1 Å². The largest absolute Gasteiger partial charge is 0.370 e. The minimum Gasteiger partial charge on any atom is -0.370 e. The second-order valence-corrected chi connectivity index (χ2v) is 8.59. The van der Waals surface area contributed by atoms with Gasteiger partial charge in [0, 0.05) is 36.3 Å². The summed E-state index contributed by atoms with van der Waals surface area (Å²) in [5, 5.41) is 8.90. The van der Waals surface area contributed by atoms with Crippen LogP contribution in [-0.4, -0.2) is 38.9 Å². The van der Waals surface area contributed by atoms with Gasteiger partial charge in [-0.05, 0) is 58.7 Å². The lowest BCUT2D eigenvalue weighted by Crippen LogP contribution is -2.35. The normalized spacial score (nSPS) is 16.2. The lowest BCUT2D eigenvalue weighted by molar-refractivity contribution is 0.433. The van der Waals surface area contributed by atoms with E-state index in [9.17, 15) is 8.42 Å². The van der Waals surface area contributed by atoms with Crippen molar-refractivity contribution in [3.8, 4) is 6.07 Å². The van der Waals surface area contributed by atoms with E-state index in [-0.39, 0.29) is 0 Å². The van der Waals surface area contributed by atoms with Gasteiger partial charge in [-0.15, -0.1) is 0 Å². The Morgan fingerprint density at radius 3 is 2.36 bits per heavy atom. The van der Waals surface area contributed by atoms with Crippen LogP contribution in [0.25, 0.3) is 0 Å². The van der Waals surface area contributed by atoms with Crippen LogP contribution in [0.4, 0.5) is 5.69 Å². The molecule has 0 spiro atoms. The van der Waals surface area contributed by atoms with E-state index in [1.54, 1.807) is 40.7 Å². The van der Waals surface area contributed by atoms with Crippen LogP contribution in [0.15, 0.2) is 57.9 Å². The highest BCUT2D eigenvalue weighted by atomic mass is 79.9. The monoisotopic (exact) mass is 419 g/mol. The van der Waals surface area contributed by atoms with E-state index in [2.05, 4.69) is 26.9 Å². The Kier molecular flexibility index (Phi) is 5.42. The van der Waals surface area contributed by atoms with Gasteiger partial charge in [0.2, 0.25) is 10.0 Å². The fourth-order valence-corrected chi connectivity index (χ4v) is 5.37. The van der Waals surface area contributed by atoms with Gasteiger partial charge in [0.05, 0.1) is 16.5 Å². The average molecular weight is 420 g/mol. The van der Waals surface area contributed by atoms with Crippen LogP contribution >= 0.6 is 15.9 Å². The first-order chi connectivity index (χ1) is 12.0. The van der Waals surface area contributed by atoms with Crippen LogP contribution in [0.3, 0.4) is 0 Å². The summed E-state index contributed by atoms with van der Waals surface area (Å²) in [6, 6.07) is 16.4. The number of halogens is 1. The average Bonchev–Trinajstić information content (AvgIpc) is 2.89. The van der Waals surface area contributed by atoms with Gasteiger partial charge in [0.1, 0.15) is 0 Å². The fraction of sp³-hybridized carbons (Fsp3) is 0.278. The highest BCUT2D eigenvalue weighted by Gasteiger charge is 2.28. The molecule has 0 aliphatic carbocycles. The zero-order valence-corrected chi connectivity index (χ0v) is 16.0. The number of hydrogen-bond donors (Lipinski definition) is 0. The van der Waals surface area contributed by atoms with Gasteiger partial charge in [-0.2, -0.15) is 9.57 Å². The molecule has 7 heteroatoms. The number of hydrogen-bond acceptors (Lipinski definition) is 4. The van der Waals surface area contributed by atoms with Gasteiger partial charge in [0.15, 0.2) is 0 Å². The first-order valence-electron chi connectivity index (χ1n) is 8.02. The van der Waals surface area contributed by atoms with Crippen molar-refractivity contribution in [2.75, 3.05) is 31.1 Å². The van der Waals surface area contributed by atoms with Crippen LogP contribution < -0.4 is 4.90 Å². The number of nitrogens with zero attached hydrogens (tertiary/aromatic N) is 3. The molecular weight excluding hydrogens is 402 g/mol. The SMILES string of the molecule is N#Cc1ccc(N2CCCN(S(=O)(=O)c3ccccc3Br)CC2)cc1. The number of anilines is 1. The lowest BCUT2D eigenvalue weighted by Gasteiger charge is -2.23. The predicted molar refractivity (Wildman–Crippen MR) is 101 cm³/mol. The maximum atomic E-state index is 12.9. The lowest BCUT2D eigenvalue weighted by atomic mass is 10.2. The molecule has 2 aromatic rings. The zero-order chi connectivity index (χ0) is 17.9. The minimum atomic E-state index is -3.52. The van der Waals surface area contributed by atoms with Gasteiger partial charge < -0.3 is 4.90 Å². The van der Waals surface area contributed by atoms with Crippen LogP contribution in [0, 0.1) is 11.3 Å². The van der Waals surface area contributed by atoms with Crippen molar-refractivity contribution < 1.29 is 8.42 Å². The van der Waals surface area contributed by atoms with Gasteiger partial charge in [-0.1, -0.05) is 12.1 Å². The molecule has 1 saturated heterocycles. The fourth-order valence-electron chi connectivity index (χ4n) is 2.93. The van der Waals surface area contributed by atoms with Crippen molar-refractivity contribution in [2.45, 2.75) is 11.3 Å². The second kappa shape index (κ2) is 7.56. The Hall–Kier alpha value is -1.88. The predicted octanol–water partition coefficient (Wildman–Crippen LogP) is 3.22. The van der Waals surface area contributed by atoms with E-state index >= 15 is 0 Å². The quantitative estimate of drug-likeness (QED) is 0.765. The van der Waals surface area contributed by atoms with Gasteiger partial charge in [-0.25, -0.2) is 8.42 Å². The molecule has 3 rings (SSSR count). The molecule has 130 valence electrons. The number of sulfonamides is 1. The third-order valence-electron chi connectivity index (χ3n) is 4.27. The van der Waals surface area contributed by atoms with Gasteiger partial charge in [-0.3, -0.25) is 0 Å². The third kappa shape index (κ3) is 3.87. The highest BCUT2D eigenvalue weighted by molar-refractivity contribution is 9.10. The summed E-state index contributed by atoms with van der Waals surface area (Å²) in [5.41, 5.74) is 1.64. The number of nitriles is 1. The first-order valence-corrected chi connectivity index (χ1v) is 10.3. The minimum absolute atomic E-state index is 0.307. The van der Waals surface area contributed by atoms with Crippen LogP contribution in [0.1, 0.15) is 12.0 Å². The molecule has 2 aromatic carbocycles. The van der Waals surface area contributed by atoms with Crippen molar-refractivity contribution in [1.29, 1.82) is 5.26 Å². The van der Waals surface area contributed by atoms with Gasteiger partial charge in [0.25, 0.3) is 0 Å². The molecule has 25 heavy (non-hydrogen) atoms. The van der Waals surface area contributed by atoms with Crippen LogP contribution in [0.2, 0.25) is 0 Å². The van der Waals surface area contributed by atoms with E-state index in [1.165, 1.54) is 0 Å². The topological polar surface area (TPSA) is 64.4 Å². The van der Waals surface area contributed by atoms with Crippen molar-refractivity contribution >= 4 is 31.6 Å². The molecule has 5 nitrogen and oxygen atoms in total. The smallest absolute Gasteiger partial charge is 0.244 e. The van der Waals surface area contributed by atoms with E-state index in [0.717, 1.165) is 18.7 Å². The van der Waals surface area contributed by atoms with Crippen molar-refractivity contribution in [1.82, 2.24) is 4.31 Å². The Morgan fingerprint density at radius 2 is 1.68 bits per heavy atom. The second-order valence-electron chi connectivity index (χ2n) is 5.83. The summed E-state index contributed by atoms with van der Waals surface area (Å²) in [4.78, 5) is 2.47. The molecule has 0 bridgehead atoms. The molecule has 1 fully saturated rings. The molecular formula is C18H18BrN3O2S.